The number of aromatic nitrogens is 3. The molecule has 3 rings (SSSR count). The molecule has 1 atom stereocenters. The van der Waals surface area contributed by atoms with Gasteiger partial charge in [0, 0.05) is 11.7 Å². The lowest BCUT2D eigenvalue weighted by Crippen LogP contribution is -2.14. The van der Waals surface area contributed by atoms with Crippen molar-refractivity contribution in [3.05, 3.63) is 36.2 Å². The van der Waals surface area contributed by atoms with E-state index in [0.29, 0.717) is 17.7 Å². The Bertz CT molecular complexity index is 663. The number of nitrogens with zero attached hydrogens (tertiary/aromatic N) is 3. The van der Waals surface area contributed by atoms with Crippen LogP contribution in [0.3, 0.4) is 0 Å². The minimum atomic E-state index is -0.0170. The number of benzene rings is 1. The van der Waals surface area contributed by atoms with E-state index in [-0.39, 0.29) is 5.91 Å². The normalized spacial score (nSPS) is 15.4. The van der Waals surface area contributed by atoms with Crippen LogP contribution in [0.5, 0.6) is 0 Å². The van der Waals surface area contributed by atoms with Crippen molar-refractivity contribution in [2.75, 3.05) is 11.1 Å². The molecule has 122 valence electrons. The zero-order valence-corrected chi connectivity index (χ0v) is 14.3. The number of carbonyl (C=O) groups excluding carboxylic acids is 1. The van der Waals surface area contributed by atoms with Gasteiger partial charge in [-0.1, -0.05) is 37.7 Å². The standard InChI is InChI=1S/C17H22N4OS/c1-3-12(2)13-4-6-14(7-5-13)19-16(22)10-23-17-20-18-11-21(17)15-8-9-15/h4-7,11-12,15H,3,8-10H2,1-2H3,(H,19,22). The molecule has 0 spiro atoms. The fraction of sp³-hybridized carbons (Fsp3) is 0.471. The molecule has 0 aliphatic heterocycles. The van der Waals surface area contributed by atoms with Gasteiger partial charge in [-0.15, -0.1) is 10.2 Å². The SMILES string of the molecule is CCC(C)c1ccc(NC(=O)CSc2nncn2C2CC2)cc1. The van der Waals surface area contributed by atoms with Gasteiger partial charge in [0.25, 0.3) is 0 Å². The number of carbonyl (C=O) groups is 1. The topological polar surface area (TPSA) is 59.8 Å². The van der Waals surface area contributed by atoms with Crippen LogP contribution in [0.4, 0.5) is 5.69 Å². The minimum Gasteiger partial charge on any atom is -0.325 e. The van der Waals surface area contributed by atoms with Gasteiger partial charge in [-0.3, -0.25) is 4.79 Å². The molecule has 1 heterocycles. The van der Waals surface area contributed by atoms with Gasteiger partial charge < -0.3 is 9.88 Å². The fourth-order valence-corrected chi connectivity index (χ4v) is 3.18. The third-order valence-corrected chi connectivity index (χ3v) is 5.15. The maximum atomic E-state index is 12.1. The highest BCUT2D eigenvalue weighted by molar-refractivity contribution is 7.99. The molecular weight excluding hydrogens is 308 g/mol. The highest BCUT2D eigenvalue weighted by atomic mass is 32.2. The summed E-state index contributed by atoms with van der Waals surface area (Å²) in [5.74, 6) is 0.874. The van der Waals surface area contributed by atoms with E-state index in [2.05, 4.69) is 46.1 Å². The van der Waals surface area contributed by atoms with Crippen molar-refractivity contribution in [2.45, 2.75) is 50.2 Å². The minimum absolute atomic E-state index is 0.0170. The van der Waals surface area contributed by atoms with Crippen LogP contribution >= 0.6 is 11.8 Å². The second kappa shape index (κ2) is 7.17. The van der Waals surface area contributed by atoms with Crippen molar-refractivity contribution < 1.29 is 4.79 Å². The van der Waals surface area contributed by atoms with Crippen molar-refractivity contribution in [1.82, 2.24) is 14.8 Å². The molecule has 1 fully saturated rings. The van der Waals surface area contributed by atoms with Gasteiger partial charge in [-0.2, -0.15) is 0 Å². The Kier molecular flexibility index (Phi) is 5.00. The summed E-state index contributed by atoms with van der Waals surface area (Å²) < 4.78 is 2.07. The molecule has 6 heteroatoms. The predicted octanol–water partition coefficient (Wildman–Crippen LogP) is 3.86. The zero-order valence-electron chi connectivity index (χ0n) is 13.5. The van der Waals surface area contributed by atoms with Crippen LogP contribution in [0.2, 0.25) is 0 Å². The summed E-state index contributed by atoms with van der Waals surface area (Å²) in [6.07, 6.45) is 5.23. The molecule has 0 bridgehead atoms. The van der Waals surface area contributed by atoms with Crippen molar-refractivity contribution in [1.29, 1.82) is 0 Å². The van der Waals surface area contributed by atoms with Crippen LogP contribution in [0.15, 0.2) is 35.7 Å². The molecule has 1 unspecified atom stereocenters. The van der Waals surface area contributed by atoms with Gasteiger partial charge >= 0.3 is 0 Å². The molecule has 1 N–H and O–H groups in total. The molecule has 1 aromatic heterocycles. The Morgan fingerprint density at radius 3 is 2.78 bits per heavy atom. The van der Waals surface area contributed by atoms with Crippen molar-refractivity contribution in [3.63, 3.8) is 0 Å². The molecule has 5 nitrogen and oxygen atoms in total. The number of nitrogens with one attached hydrogen (secondary N) is 1. The lowest BCUT2D eigenvalue weighted by atomic mass is 9.99. The molecule has 1 saturated carbocycles. The summed E-state index contributed by atoms with van der Waals surface area (Å²) in [4.78, 5) is 12.1. The summed E-state index contributed by atoms with van der Waals surface area (Å²) >= 11 is 1.44. The van der Waals surface area contributed by atoms with E-state index in [4.69, 9.17) is 0 Å². The first-order valence-corrected chi connectivity index (χ1v) is 9.08. The largest absolute Gasteiger partial charge is 0.325 e. The van der Waals surface area contributed by atoms with Crippen LogP contribution in [0.25, 0.3) is 0 Å². The monoisotopic (exact) mass is 330 g/mol. The third-order valence-electron chi connectivity index (χ3n) is 4.19. The van der Waals surface area contributed by atoms with Gasteiger partial charge in [0.15, 0.2) is 5.16 Å². The molecule has 23 heavy (non-hydrogen) atoms. The molecule has 0 radical (unpaired) electrons. The number of hydrogen-bond donors (Lipinski definition) is 1. The Labute approximate surface area is 140 Å². The number of anilines is 1. The highest BCUT2D eigenvalue weighted by Crippen LogP contribution is 2.37. The van der Waals surface area contributed by atoms with Crippen LogP contribution in [0, 0.1) is 0 Å². The van der Waals surface area contributed by atoms with Crippen LogP contribution in [0.1, 0.15) is 50.6 Å². The van der Waals surface area contributed by atoms with E-state index < -0.39 is 0 Å². The second-order valence-corrected chi connectivity index (χ2v) is 6.96. The maximum Gasteiger partial charge on any atom is 0.234 e. The van der Waals surface area contributed by atoms with Gasteiger partial charge in [0.2, 0.25) is 5.91 Å². The molecule has 1 amide bonds. The van der Waals surface area contributed by atoms with E-state index in [1.165, 1.54) is 30.2 Å². The second-order valence-electron chi connectivity index (χ2n) is 6.02. The first-order valence-electron chi connectivity index (χ1n) is 8.09. The molecule has 1 aliphatic rings. The summed E-state index contributed by atoms with van der Waals surface area (Å²) in [5.41, 5.74) is 2.14. The Balaban J connectivity index is 1.51. The Hall–Kier alpha value is -1.82. The number of hydrogen-bond acceptors (Lipinski definition) is 4. The van der Waals surface area contributed by atoms with Gasteiger partial charge in [-0.05, 0) is 42.9 Å². The van der Waals surface area contributed by atoms with E-state index >= 15 is 0 Å². The molecule has 1 aliphatic carbocycles. The Morgan fingerprint density at radius 2 is 2.13 bits per heavy atom. The van der Waals surface area contributed by atoms with E-state index in [0.717, 1.165) is 17.3 Å². The quantitative estimate of drug-likeness (QED) is 0.783. The van der Waals surface area contributed by atoms with E-state index in [1.54, 1.807) is 6.33 Å². The first kappa shape index (κ1) is 16.1. The van der Waals surface area contributed by atoms with E-state index in [1.807, 2.05) is 12.1 Å². The van der Waals surface area contributed by atoms with Crippen LogP contribution in [-0.2, 0) is 4.79 Å². The van der Waals surface area contributed by atoms with Crippen LogP contribution in [-0.4, -0.2) is 26.4 Å². The van der Waals surface area contributed by atoms with Gasteiger partial charge in [0.05, 0.1) is 5.75 Å². The number of thioether (sulfide) groups is 1. The number of rotatable bonds is 7. The molecular formula is C17H22N4OS. The lowest BCUT2D eigenvalue weighted by Gasteiger charge is -2.10. The number of amides is 1. The van der Waals surface area contributed by atoms with Crippen molar-refractivity contribution in [2.24, 2.45) is 0 Å². The fourth-order valence-electron chi connectivity index (χ4n) is 2.40. The summed E-state index contributed by atoms with van der Waals surface area (Å²) in [6.45, 7) is 4.39. The first-order chi connectivity index (χ1) is 11.2. The molecule has 1 aromatic carbocycles. The highest BCUT2D eigenvalue weighted by Gasteiger charge is 2.26. The maximum absolute atomic E-state index is 12.1. The average molecular weight is 330 g/mol. The van der Waals surface area contributed by atoms with Gasteiger partial charge in [-0.25, -0.2) is 0 Å². The van der Waals surface area contributed by atoms with Crippen molar-refractivity contribution >= 4 is 23.4 Å². The van der Waals surface area contributed by atoms with Crippen LogP contribution < -0.4 is 5.32 Å². The zero-order chi connectivity index (χ0) is 16.2. The van der Waals surface area contributed by atoms with Crippen molar-refractivity contribution in [3.8, 4) is 0 Å². The molecule has 0 saturated heterocycles. The summed E-state index contributed by atoms with van der Waals surface area (Å²) in [5, 5.41) is 11.8. The smallest absolute Gasteiger partial charge is 0.234 e. The molecule has 2 aromatic rings. The average Bonchev–Trinajstić information content (AvgIpc) is 3.31. The third kappa shape index (κ3) is 4.13. The summed E-state index contributed by atoms with van der Waals surface area (Å²) in [7, 11) is 0. The van der Waals surface area contributed by atoms with Gasteiger partial charge in [0.1, 0.15) is 6.33 Å². The lowest BCUT2D eigenvalue weighted by molar-refractivity contribution is -0.113. The summed E-state index contributed by atoms with van der Waals surface area (Å²) in [6, 6.07) is 8.64. The predicted molar refractivity (Wildman–Crippen MR) is 92.8 cm³/mol. The van der Waals surface area contributed by atoms with E-state index in [9.17, 15) is 4.79 Å². The Morgan fingerprint density at radius 1 is 1.39 bits per heavy atom.